The Bertz CT molecular complexity index is 1920. The Morgan fingerprint density at radius 2 is 1.06 bits per heavy atom. The number of hydrogen-bond donors (Lipinski definition) is 4. The van der Waals surface area contributed by atoms with Crippen LogP contribution in [0.2, 0.25) is 0 Å². The van der Waals surface area contributed by atoms with Crippen molar-refractivity contribution in [3.8, 4) is 23.7 Å². The second-order valence-corrected chi connectivity index (χ2v) is 22.8. The van der Waals surface area contributed by atoms with Gasteiger partial charge >= 0.3 is 0 Å². The van der Waals surface area contributed by atoms with Crippen molar-refractivity contribution in [1.29, 1.82) is 0 Å². The molecular weight excluding hydrogens is 799 g/mol. The van der Waals surface area contributed by atoms with Crippen molar-refractivity contribution in [3.05, 3.63) is 43.0 Å². The van der Waals surface area contributed by atoms with Crippen LogP contribution in [0.25, 0.3) is 0 Å². The highest BCUT2D eigenvalue weighted by Gasteiger charge is 2.60. The van der Waals surface area contributed by atoms with Crippen LogP contribution < -0.4 is 0 Å². The second kappa shape index (κ2) is 18.8. The van der Waals surface area contributed by atoms with Gasteiger partial charge in [-0.25, -0.2) is 0 Å². The lowest BCUT2D eigenvalue weighted by Gasteiger charge is -2.56. The van der Waals surface area contributed by atoms with Crippen molar-refractivity contribution in [2.45, 2.75) is 167 Å². The predicted octanol–water partition coefficient (Wildman–Crippen LogP) is 8.28. The highest BCUT2D eigenvalue weighted by atomic mass is 16.3. The first kappa shape index (κ1) is 45.9. The molecule has 9 nitrogen and oxygen atoms in total. The molecule has 0 spiro atoms. The number of ketones is 2. The van der Waals surface area contributed by atoms with Gasteiger partial charge in [-0.05, 0) is 204 Å². The van der Waals surface area contributed by atoms with E-state index < -0.39 is 11.2 Å². The highest BCUT2D eigenvalue weighted by Crippen LogP contribution is 2.66. The van der Waals surface area contributed by atoms with E-state index >= 15 is 0 Å². The van der Waals surface area contributed by atoms with Gasteiger partial charge in [0.15, 0.2) is 11.6 Å². The van der Waals surface area contributed by atoms with Gasteiger partial charge in [-0.1, -0.05) is 37.5 Å². The van der Waals surface area contributed by atoms with Crippen LogP contribution in [0.5, 0.6) is 0 Å². The van der Waals surface area contributed by atoms with Gasteiger partial charge in [0.25, 0.3) is 0 Å². The molecule has 16 atom stereocenters. The number of Topliss-reactive ketones (excluding diaryl/α,β-unsaturated/α-hetero) is 2. The minimum absolute atomic E-state index is 0.0600. The summed E-state index contributed by atoms with van der Waals surface area (Å²) >= 11 is 0. The smallest absolute Gasteiger partial charge is 0.157 e. The summed E-state index contributed by atoms with van der Waals surface area (Å²) in [6.07, 6.45) is 28.1. The summed E-state index contributed by atoms with van der Waals surface area (Å²) in [5.74, 6) is 20.3. The van der Waals surface area contributed by atoms with Crippen LogP contribution in [0, 0.1) is 106 Å². The van der Waals surface area contributed by atoms with E-state index in [1.807, 2.05) is 41.4 Å². The van der Waals surface area contributed by atoms with Gasteiger partial charge in [-0.2, -0.15) is 5.10 Å². The summed E-state index contributed by atoms with van der Waals surface area (Å²) in [5.41, 5.74) is -1.40. The fourth-order valence-electron chi connectivity index (χ4n) is 17.0. The summed E-state index contributed by atoms with van der Waals surface area (Å²) in [4.78, 5) is 26.5. The van der Waals surface area contributed by atoms with Crippen molar-refractivity contribution >= 4 is 11.6 Å². The molecule has 8 aliphatic carbocycles. The molecule has 0 amide bonds. The van der Waals surface area contributed by atoms with E-state index in [1.165, 1.54) is 57.8 Å². The summed E-state index contributed by atoms with van der Waals surface area (Å²) in [5, 5.41) is 44.3. The van der Waals surface area contributed by atoms with E-state index in [2.05, 4.69) is 42.6 Å². The summed E-state index contributed by atoms with van der Waals surface area (Å²) in [6, 6.07) is 5.89. The molecule has 4 N–H and O–H groups in total. The monoisotopic (exact) mass is 876 g/mol. The molecule has 0 radical (unpaired) electrons. The molecule has 0 bridgehead atoms. The molecule has 9 heteroatoms. The van der Waals surface area contributed by atoms with E-state index in [0.29, 0.717) is 73.0 Å². The molecule has 8 saturated carbocycles. The average molecular weight is 876 g/mol. The fourth-order valence-corrected chi connectivity index (χ4v) is 17.0. The number of hydrogen-bond acceptors (Lipinski definition) is 7. The van der Waals surface area contributed by atoms with Crippen molar-refractivity contribution in [1.82, 2.24) is 14.3 Å². The van der Waals surface area contributed by atoms with Crippen molar-refractivity contribution in [3.63, 3.8) is 0 Å². The van der Waals surface area contributed by atoms with Gasteiger partial charge in [0.05, 0.1) is 26.3 Å². The predicted molar refractivity (Wildman–Crippen MR) is 247 cm³/mol. The van der Waals surface area contributed by atoms with Crippen LogP contribution in [-0.2, 0) is 22.7 Å². The van der Waals surface area contributed by atoms with Crippen LogP contribution in [0.1, 0.15) is 142 Å². The van der Waals surface area contributed by atoms with Crippen LogP contribution in [0.3, 0.4) is 0 Å². The number of carbonyl (C=O) groups excluding carboxylic acids is 2. The van der Waals surface area contributed by atoms with Crippen molar-refractivity contribution in [2.24, 2.45) is 81.8 Å². The van der Waals surface area contributed by atoms with E-state index in [1.54, 1.807) is 10.9 Å². The second-order valence-electron chi connectivity index (χ2n) is 22.8. The maximum atomic E-state index is 13.3. The minimum atomic E-state index is -0.857. The van der Waals surface area contributed by atoms with Crippen LogP contribution in [0.15, 0.2) is 43.0 Å². The summed E-state index contributed by atoms with van der Waals surface area (Å²) in [7, 11) is 0. The molecule has 348 valence electrons. The van der Waals surface area contributed by atoms with Crippen LogP contribution >= 0.6 is 0 Å². The molecular formula is C55H77N3O6. The van der Waals surface area contributed by atoms with Gasteiger partial charge in [0.1, 0.15) is 11.2 Å². The lowest BCUT2D eigenvalue weighted by atomic mass is 9.49. The average Bonchev–Trinajstić information content (AvgIpc) is 4.11. The quantitative estimate of drug-likeness (QED) is 0.196. The zero-order chi connectivity index (χ0) is 44.7. The number of aliphatic hydroxyl groups is 4. The maximum Gasteiger partial charge on any atom is 0.157 e. The molecule has 10 rings (SSSR count). The number of fused-ring (bicyclic) bond motifs is 10. The van der Waals surface area contributed by atoms with E-state index in [0.717, 1.165) is 81.5 Å². The normalized spacial score (nSPS) is 42.8. The van der Waals surface area contributed by atoms with Crippen molar-refractivity contribution in [2.75, 3.05) is 13.2 Å². The van der Waals surface area contributed by atoms with Gasteiger partial charge < -0.3 is 25.0 Å². The molecule has 8 aliphatic rings. The lowest BCUT2D eigenvalue weighted by Crippen LogP contribution is -2.51. The number of aliphatic hydroxyl groups excluding tert-OH is 2. The van der Waals surface area contributed by atoms with Gasteiger partial charge in [-0.15, -0.1) is 0 Å². The Balaban J connectivity index is 0.000000162. The molecule has 64 heavy (non-hydrogen) atoms. The zero-order valence-corrected chi connectivity index (χ0v) is 38.9. The Hall–Kier alpha value is -3.21. The molecule has 2 unspecified atom stereocenters. The third kappa shape index (κ3) is 8.87. The number of nitrogens with zero attached hydrogens (tertiary/aromatic N) is 3. The van der Waals surface area contributed by atoms with Crippen LogP contribution in [-0.4, -0.2) is 70.8 Å². The summed E-state index contributed by atoms with van der Waals surface area (Å²) in [6.45, 7) is 5.90. The number of aromatic nitrogens is 3. The van der Waals surface area contributed by atoms with Gasteiger partial charge in [0, 0.05) is 49.5 Å². The molecule has 0 aromatic carbocycles. The Labute approximate surface area is 382 Å². The molecule has 2 heterocycles. The third-order valence-corrected chi connectivity index (χ3v) is 19.8. The third-order valence-electron chi connectivity index (χ3n) is 19.8. The fraction of sp³-hybridized carbons (Fsp3) is 0.764. The first-order valence-electron chi connectivity index (χ1n) is 25.7. The number of rotatable bonds is 8. The topological polar surface area (TPSA) is 138 Å². The molecule has 8 fully saturated rings. The Kier molecular flexibility index (Phi) is 13.5. The summed E-state index contributed by atoms with van der Waals surface area (Å²) < 4.78 is 3.81. The molecule has 0 saturated heterocycles. The minimum Gasteiger partial charge on any atom is -0.395 e. The van der Waals surface area contributed by atoms with Gasteiger partial charge in [-0.3, -0.25) is 14.3 Å². The lowest BCUT2D eigenvalue weighted by molar-refractivity contribution is -0.132. The van der Waals surface area contributed by atoms with E-state index in [-0.39, 0.29) is 35.9 Å². The van der Waals surface area contributed by atoms with Crippen molar-refractivity contribution < 1.29 is 30.0 Å². The Morgan fingerprint density at radius 3 is 1.53 bits per heavy atom. The SMILES string of the molecule is C[C@]12CCC3[C@H]4CC[C@](O)(C#CCCO)C[C@H]4CC[C@H]3[C@@H]1CC[C@@H]2C(=O)Cn1cccc1.C[C@]12CCC3[C@H]4CC[C@](O)(C#CCCO)C[C@H]4CC[C@H]3[C@@H]1CC[C@@H]2C(=O)Cn1cccn1. The standard InChI is InChI=1S/C28H39NO3.C27H38N2O3/c1-27-13-10-22-21-11-14-28(32,12-2-5-17-30)18-20(21)6-7-23(22)24(27)8-9-25(27)26(31)19-29-15-3-4-16-29;1-26-12-9-21-20-10-13-27(32,11-2-3-16-30)17-19(20)5-6-22(21)23(26)7-8-24(26)25(31)18-29-15-4-14-28-29/h3-4,15-16,20-25,30,32H,5-11,13-14,17-19H2,1H3;4,14-15,19-24,30,32H,3,5-10,12-13,16-18H2,1H3/t20-,21+,22?,23-,24+,25-,27+,28-;19-,20+,21?,22-,23+,24-,26+,27-/m11/s1. The zero-order valence-electron chi connectivity index (χ0n) is 38.9. The van der Waals surface area contributed by atoms with E-state index in [4.69, 9.17) is 10.2 Å². The largest absolute Gasteiger partial charge is 0.395 e. The Morgan fingerprint density at radius 1 is 0.578 bits per heavy atom. The molecule has 0 aliphatic heterocycles. The number of carbonyl (C=O) groups is 2. The van der Waals surface area contributed by atoms with Gasteiger partial charge in [0.2, 0.25) is 0 Å². The van der Waals surface area contributed by atoms with E-state index in [9.17, 15) is 19.8 Å². The first-order chi connectivity index (χ1) is 30.9. The highest BCUT2D eigenvalue weighted by molar-refractivity contribution is 5.82. The molecule has 2 aromatic heterocycles. The molecule has 2 aromatic rings. The van der Waals surface area contributed by atoms with Crippen LogP contribution in [0.4, 0.5) is 0 Å². The maximum absolute atomic E-state index is 13.3. The first-order valence-corrected chi connectivity index (χ1v) is 25.7.